The van der Waals surface area contributed by atoms with E-state index < -0.39 is 0 Å². The molecule has 6 nitrogen and oxygen atoms in total. The summed E-state index contributed by atoms with van der Waals surface area (Å²) in [5.74, 6) is 0.766. The fourth-order valence-corrected chi connectivity index (χ4v) is 3.46. The van der Waals surface area contributed by atoms with Crippen molar-refractivity contribution in [2.24, 2.45) is 7.05 Å². The standard InChI is InChI=1S/C21H24N4O2/c1-14-4-5-16(12-15(14)2)23-20-17-6-7-24(3)19(17)18(13-22-20)21(26)25-8-10-27-11-9-25/h4-7,12-13H,8-11H2,1-3H3,(H,22,23). The molecule has 1 N–H and O–H groups in total. The minimum atomic E-state index is 0.00957. The number of anilines is 2. The second-order valence-electron chi connectivity index (χ2n) is 7.04. The highest BCUT2D eigenvalue weighted by molar-refractivity contribution is 6.08. The first kappa shape index (κ1) is 17.5. The lowest BCUT2D eigenvalue weighted by molar-refractivity contribution is 0.0303. The molecule has 1 fully saturated rings. The van der Waals surface area contributed by atoms with Crippen molar-refractivity contribution in [1.82, 2.24) is 14.5 Å². The van der Waals surface area contributed by atoms with E-state index in [0.29, 0.717) is 31.9 Å². The molecule has 1 aromatic carbocycles. The van der Waals surface area contributed by atoms with Crippen LogP contribution in [0.5, 0.6) is 0 Å². The van der Waals surface area contributed by atoms with Crippen LogP contribution in [0.2, 0.25) is 0 Å². The number of benzene rings is 1. The molecule has 3 heterocycles. The van der Waals surface area contributed by atoms with E-state index in [0.717, 1.165) is 22.4 Å². The Morgan fingerprint density at radius 2 is 1.93 bits per heavy atom. The molecule has 1 amide bonds. The maximum Gasteiger partial charge on any atom is 0.257 e. The van der Waals surface area contributed by atoms with Crippen LogP contribution in [0.3, 0.4) is 0 Å². The van der Waals surface area contributed by atoms with Gasteiger partial charge < -0.3 is 19.5 Å². The number of fused-ring (bicyclic) bond motifs is 1. The van der Waals surface area contributed by atoms with Crippen LogP contribution in [-0.4, -0.2) is 46.7 Å². The number of carbonyl (C=O) groups is 1. The molecular weight excluding hydrogens is 340 g/mol. The Hall–Kier alpha value is -2.86. The lowest BCUT2D eigenvalue weighted by Gasteiger charge is -2.27. The zero-order valence-corrected chi connectivity index (χ0v) is 16.0. The third-order valence-electron chi connectivity index (χ3n) is 5.20. The molecular formula is C21H24N4O2. The fourth-order valence-electron chi connectivity index (χ4n) is 3.46. The van der Waals surface area contributed by atoms with Crippen molar-refractivity contribution >= 4 is 28.3 Å². The van der Waals surface area contributed by atoms with Crippen molar-refractivity contribution in [3.63, 3.8) is 0 Å². The lowest BCUT2D eigenvalue weighted by Crippen LogP contribution is -2.40. The zero-order chi connectivity index (χ0) is 19.0. The van der Waals surface area contributed by atoms with Gasteiger partial charge in [0.25, 0.3) is 5.91 Å². The average Bonchev–Trinajstić information content (AvgIpc) is 3.08. The third-order valence-corrected chi connectivity index (χ3v) is 5.20. The summed E-state index contributed by atoms with van der Waals surface area (Å²) in [7, 11) is 1.96. The minimum absolute atomic E-state index is 0.00957. The molecule has 1 aliphatic heterocycles. The predicted octanol–water partition coefficient (Wildman–Crippen LogP) is 3.41. The molecule has 0 bridgehead atoms. The van der Waals surface area contributed by atoms with Gasteiger partial charge in [0.15, 0.2) is 0 Å². The van der Waals surface area contributed by atoms with E-state index in [1.165, 1.54) is 11.1 Å². The van der Waals surface area contributed by atoms with Gasteiger partial charge in [-0.25, -0.2) is 4.98 Å². The van der Waals surface area contributed by atoms with Crippen molar-refractivity contribution in [3.8, 4) is 0 Å². The molecule has 1 aliphatic rings. The van der Waals surface area contributed by atoms with Crippen molar-refractivity contribution in [1.29, 1.82) is 0 Å². The summed E-state index contributed by atoms with van der Waals surface area (Å²) in [6, 6.07) is 8.25. The molecule has 0 saturated carbocycles. The van der Waals surface area contributed by atoms with Gasteiger partial charge in [-0.05, 0) is 43.2 Å². The van der Waals surface area contributed by atoms with Crippen LogP contribution < -0.4 is 5.32 Å². The molecule has 6 heteroatoms. The van der Waals surface area contributed by atoms with Crippen molar-refractivity contribution in [2.75, 3.05) is 31.6 Å². The number of amides is 1. The number of aryl methyl sites for hydroxylation is 3. The summed E-state index contributed by atoms with van der Waals surface area (Å²) in [6.07, 6.45) is 3.65. The Morgan fingerprint density at radius 1 is 1.15 bits per heavy atom. The number of nitrogens with zero attached hydrogens (tertiary/aromatic N) is 3. The summed E-state index contributed by atoms with van der Waals surface area (Å²) >= 11 is 0. The predicted molar refractivity (Wildman–Crippen MR) is 107 cm³/mol. The largest absolute Gasteiger partial charge is 0.378 e. The first-order valence-corrected chi connectivity index (χ1v) is 9.20. The number of nitrogens with one attached hydrogen (secondary N) is 1. The summed E-state index contributed by atoms with van der Waals surface area (Å²) in [5, 5.41) is 4.34. The van der Waals surface area contributed by atoms with Crippen LogP contribution >= 0.6 is 0 Å². The quantitative estimate of drug-likeness (QED) is 0.774. The van der Waals surface area contributed by atoms with E-state index >= 15 is 0 Å². The monoisotopic (exact) mass is 364 g/mol. The summed E-state index contributed by atoms with van der Waals surface area (Å²) < 4.78 is 7.34. The summed E-state index contributed by atoms with van der Waals surface area (Å²) in [5.41, 5.74) is 4.99. The second kappa shape index (κ2) is 7.04. The van der Waals surface area contributed by atoms with E-state index in [4.69, 9.17) is 4.74 Å². The van der Waals surface area contributed by atoms with Crippen molar-refractivity contribution in [3.05, 3.63) is 53.3 Å². The van der Waals surface area contributed by atoms with Crippen LogP contribution in [0.15, 0.2) is 36.7 Å². The molecule has 0 aliphatic carbocycles. The first-order chi connectivity index (χ1) is 13.0. The molecule has 4 rings (SSSR count). The van der Waals surface area contributed by atoms with Gasteiger partial charge in [0.2, 0.25) is 0 Å². The van der Waals surface area contributed by atoms with E-state index in [1.54, 1.807) is 6.20 Å². The molecule has 0 spiro atoms. The van der Waals surface area contributed by atoms with Gasteiger partial charge in [-0.15, -0.1) is 0 Å². The van der Waals surface area contributed by atoms with E-state index in [-0.39, 0.29) is 5.91 Å². The average molecular weight is 364 g/mol. The number of carbonyl (C=O) groups excluding carboxylic acids is 1. The van der Waals surface area contributed by atoms with Crippen LogP contribution in [-0.2, 0) is 11.8 Å². The Morgan fingerprint density at radius 3 is 2.67 bits per heavy atom. The SMILES string of the molecule is Cc1ccc(Nc2ncc(C(=O)N3CCOCC3)c3c2ccn3C)cc1C. The topological polar surface area (TPSA) is 59.4 Å². The van der Waals surface area contributed by atoms with Gasteiger partial charge in [-0.1, -0.05) is 6.07 Å². The fraction of sp³-hybridized carbons (Fsp3) is 0.333. The Kier molecular flexibility index (Phi) is 4.58. The molecule has 0 atom stereocenters. The number of rotatable bonds is 3. The number of aromatic nitrogens is 2. The number of morpholine rings is 1. The van der Waals surface area contributed by atoms with Gasteiger partial charge >= 0.3 is 0 Å². The Balaban J connectivity index is 1.72. The van der Waals surface area contributed by atoms with E-state index in [2.05, 4.69) is 36.3 Å². The Labute approximate surface area is 158 Å². The first-order valence-electron chi connectivity index (χ1n) is 9.20. The molecule has 1 saturated heterocycles. The van der Waals surface area contributed by atoms with E-state index in [9.17, 15) is 4.79 Å². The minimum Gasteiger partial charge on any atom is -0.378 e. The van der Waals surface area contributed by atoms with Crippen LogP contribution in [0, 0.1) is 13.8 Å². The maximum absolute atomic E-state index is 13.0. The molecule has 140 valence electrons. The van der Waals surface area contributed by atoms with Gasteiger partial charge in [0, 0.05) is 43.6 Å². The summed E-state index contributed by atoms with van der Waals surface area (Å²) in [6.45, 7) is 6.60. The third kappa shape index (κ3) is 3.28. The molecule has 0 radical (unpaired) electrons. The van der Waals surface area contributed by atoms with Gasteiger partial charge in [0.05, 0.1) is 24.3 Å². The smallest absolute Gasteiger partial charge is 0.257 e. The maximum atomic E-state index is 13.0. The highest BCUT2D eigenvalue weighted by atomic mass is 16.5. The number of pyridine rings is 1. The molecule has 2 aromatic heterocycles. The van der Waals surface area contributed by atoms with Gasteiger partial charge in [0.1, 0.15) is 5.82 Å². The summed E-state index contributed by atoms with van der Waals surface area (Å²) in [4.78, 5) is 19.4. The highest BCUT2D eigenvalue weighted by Crippen LogP contribution is 2.29. The zero-order valence-electron chi connectivity index (χ0n) is 16.0. The number of ether oxygens (including phenoxy) is 1. The number of hydrogen-bond donors (Lipinski definition) is 1. The Bertz CT molecular complexity index is 1000. The normalized spacial score (nSPS) is 14.6. The van der Waals surface area contributed by atoms with Crippen LogP contribution in [0.1, 0.15) is 21.5 Å². The lowest BCUT2D eigenvalue weighted by atomic mass is 10.1. The second-order valence-corrected chi connectivity index (χ2v) is 7.04. The molecule has 27 heavy (non-hydrogen) atoms. The molecule has 3 aromatic rings. The number of hydrogen-bond acceptors (Lipinski definition) is 4. The van der Waals surface area contributed by atoms with Gasteiger partial charge in [-0.3, -0.25) is 4.79 Å². The molecule has 0 unspecified atom stereocenters. The highest BCUT2D eigenvalue weighted by Gasteiger charge is 2.23. The van der Waals surface area contributed by atoms with E-state index in [1.807, 2.05) is 34.8 Å². The van der Waals surface area contributed by atoms with Crippen molar-refractivity contribution < 1.29 is 9.53 Å². The van der Waals surface area contributed by atoms with Crippen LogP contribution in [0.25, 0.3) is 10.9 Å². The van der Waals surface area contributed by atoms with Crippen molar-refractivity contribution in [2.45, 2.75) is 13.8 Å². The van der Waals surface area contributed by atoms with Crippen LogP contribution in [0.4, 0.5) is 11.5 Å². The van der Waals surface area contributed by atoms with Gasteiger partial charge in [-0.2, -0.15) is 0 Å².